The molecule has 5 rings (SSSR count). The number of nitrogens with zero attached hydrogens (tertiary/aromatic N) is 3. The summed E-state index contributed by atoms with van der Waals surface area (Å²) in [6.07, 6.45) is 2.23. The molecule has 1 atom stereocenters. The van der Waals surface area contributed by atoms with Gasteiger partial charge in [0, 0.05) is 55.6 Å². The number of urea groups is 1. The van der Waals surface area contributed by atoms with E-state index in [2.05, 4.69) is 15.5 Å². The lowest BCUT2D eigenvalue weighted by Gasteiger charge is -2.32. The molecule has 3 heterocycles. The summed E-state index contributed by atoms with van der Waals surface area (Å²) in [5.41, 5.74) is 1.68. The van der Waals surface area contributed by atoms with Gasteiger partial charge in [-0.15, -0.1) is 11.3 Å². The quantitative estimate of drug-likeness (QED) is 0.445. The Morgan fingerprint density at radius 2 is 1.77 bits per heavy atom. The number of amides is 4. The minimum Gasteiger partial charge on any atom is -0.481 e. The first kappa shape index (κ1) is 27.9. The zero-order valence-electron chi connectivity index (χ0n) is 22.3. The number of rotatable bonds is 8. The fraction of sp³-hybridized carbons (Fsp3) is 0.500. The van der Waals surface area contributed by atoms with Crippen LogP contribution in [0.3, 0.4) is 0 Å². The minimum absolute atomic E-state index is 0.0186. The van der Waals surface area contributed by atoms with E-state index in [0.29, 0.717) is 63.7 Å². The van der Waals surface area contributed by atoms with Gasteiger partial charge in [0.15, 0.2) is 0 Å². The molecule has 2 aliphatic heterocycles. The molecular weight excluding hydrogens is 534 g/mol. The third-order valence-electron chi connectivity index (χ3n) is 7.42. The number of benzene rings is 1. The number of nitrogens with one attached hydrogen (secondary N) is 2. The highest BCUT2D eigenvalue weighted by Crippen LogP contribution is 2.34. The zero-order valence-corrected chi connectivity index (χ0v) is 23.2. The van der Waals surface area contributed by atoms with E-state index < -0.39 is 17.9 Å². The Balaban J connectivity index is 1.32. The summed E-state index contributed by atoms with van der Waals surface area (Å²) in [5, 5.41) is 17.1. The van der Waals surface area contributed by atoms with Crippen molar-refractivity contribution in [1.82, 2.24) is 15.1 Å². The molecule has 2 saturated heterocycles. The van der Waals surface area contributed by atoms with Gasteiger partial charge in [-0.2, -0.15) is 0 Å². The standard InChI is InChI=1S/C28H35N5O6S/c34-25(35)18-22(24-3-1-16-40-24)30-27(37)20-6-7-23(21(17-20)29-26(36)19-4-5-19)31-8-2-9-32(11-10-31)28(38)33-12-14-39-15-13-33/h1,3,6-7,16-17,19,22H,2,4-5,8-15,18H2,(H,29,36)(H,30,37)(H,34,35). The SMILES string of the molecule is O=C(O)CC(NC(=O)c1ccc(N2CCCN(C(=O)N3CCOCC3)CC2)c(NC(=O)C2CC2)c1)c1cccs1. The molecule has 1 aliphatic carbocycles. The molecule has 1 saturated carbocycles. The molecule has 1 unspecified atom stereocenters. The summed E-state index contributed by atoms with van der Waals surface area (Å²) in [7, 11) is 0. The average molecular weight is 570 g/mol. The van der Waals surface area contributed by atoms with Gasteiger partial charge in [0.2, 0.25) is 5.91 Å². The van der Waals surface area contributed by atoms with Gasteiger partial charge in [0.05, 0.1) is 37.1 Å². The van der Waals surface area contributed by atoms with Crippen LogP contribution in [-0.4, -0.2) is 91.2 Å². The van der Waals surface area contributed by atoms with Crippen molar-refractivity contribution in [2.75, 3.05) is 62.7 Å². The monoisotopic (exact) mass is 569 g/mol. The van der Waals surface area contributed by atoms with Crippen molar-refractivity contribution in [3.63, 3.8) is 0 Å². The van der Waals surface area contributed by atoms with Gasteiger partial charge >= 0.3 is 12.0 Å². The highest BCUT2D eigenvalue weighted by Gasteiger charge is 2.31. The molecule has 1 aromatic carbocycles. The second-order valence-corrected chi connectivity index (χ2v) is 11.3. The van der Waals surface area contributed by atoms with E-state index in [1.807, 2.05) is 27.3 Å². The van der Waals surface area contributed by atoms with Crippen LogP contribution in [0.2, 0.25) is 0 Å². The first-order valence-electron chi connectivity index (χ1n) is 13.8. The van der Waals surface area contributed by atoms with Gasteiger partial charge in [-0.25, -0.2) is 4.79 Å². The van der Waals surface area contributed by atoms with Crippen molar-refractivity contribution < 1.29 is 29.0 Å². The number of thiophene rings is 1. The maximum Gasteiger partial charge on any atom is 0.320 e. The summed E-state index contributed by atoms with van der Waals surface area (Å²) in [5.74, 6) is -1.50. The Bertz CT molecular complexity index is 1230. The molecule has 3 fully saturated rings. The van der Waals surface area contributed by atoms with Crippen LogP contribution in [-0.2, 0) is 14.3 Å². The molecule has 12 heteroatoms. The Kier molecular flexibility index (Phi) is 8.85. The van der Waals surface area contributed by atoms with Crippen molar-refractivity contribution in [3.05, 3.63) is 46.2 Å². The molecule has 0 spiro atoms. The Morgan fingerprint density at radius 1 is 1.00 bits per heavy atom. The van der Waals surface area contributed by atoms with Crippen LogP contribution in [0.25, 0.3) is 0 Å². The van der Waals surface area contributed by atoms with E-state index in [1.54, 1.807) is 18.2 Å². The van der Waals surface area contributed by atoms with E-state index in [9.17, 15) is 24.3 Å². The fourth-order valence-corrected chi connectivity index (χ4v) is 5.84. The number of hydrogen-bond acceptors (Lipinski definition) is 7. The fourth-order valence-electron chi connectivity index (χ4n) is 5.07. The maximum atomic E-state index is 13.2. The number of carbonyl (C=O) groups excluding carboxylic acids is 3. The predicted octanol–water partition coefficient (Wildman–Crippen LogP) is 3.01. The maximum absolute atomic E-state index is 13.2. The summed E-state index contributed by atoms with van der Waals surface area (Å²) < 4.78 is 5.38. The Labute approximate surface area is 237 Å². The van der Waals surface area contributed by atoms with Crippen LogP contribution in [0.5, 0.6) is 0 Å². The third-order valence-corrected chi connectivity index (χ3v) is 8.41. The molecular formula is C28H35N5O6S. The topological polar surface area (TPSA) is 132 Å². The van der Waals surface area contributed by atoms with Gasteiger partial charge in [-0.1, -0.05) is 6.07 Å². The smallest absolute Gasteiger partial charge is 0.320 e. The molecule has 40 heavy (non-hydrogen) atoms. The average Bonchev–Trinajstić information content (AvgIpc) is 3.72. The normalized spacial score (nSPS) is 18.6. The first-order valence-corrected chi connectivity index (χ1v) is 14.6. The molecule has 3 aliphatic rings. The number of aliphatic carboxylic acids is 1. The lowest BCUT2D eigenvalue weighted by Crippen LogP contribution is -2.49. The molecule has 11 nitrogen and oxygen atoms in total. The van der Waals surface area contributed by atoms with E-state index in [4.69, 9.17) is 4.74 Å². The summed E-state index contributed by atoms with van der Waals surface area (Å²) in [6.45, 7) is 4.78. The van der Waals surface area contributed by atoms with Crippen LogP contribution < -0.4 is 15.5 Å². The summed E-state index contributed by atoms with van der Waals surface area (Å²) in [6, 6.07) is 8.18. The summed E-state index contributed by atoms with van der Waals surface area (Å²) >= 11 is 1.39. The number of carbonyl (C=O) groups is 4. The zero-order chi connectivity index (χ0) is 28.1. The first-order chi connectivity index (χ1) is 19.4. The van der Waals surface area contributed by atoms with Crippen molar-refractivity contribution in [2.24, 2.45) is 5.92 Å². The van der Waals surface area contributed by atoms with E-state index in [0.717, 1.165) is 29.8 Å². The van der Waals surface area contributed by atoms with Crippen molar-refractivity contribution in [1.29, 1.82) is 0 Å². The number of anilines is 2. The Hall–Kier alpha value is -3.64. The number of morpholine rings is 1. The second-order valence-electron chi connectivity index (χ2n) is 10.3. The highest BCUT2D eigenvalue weighted by atomic mass is 32.1. The molecule has 2 aromatic rings. The van der Waals surface area contributed by atoms with Crippen molar-refractivity contribution in [3.8, 4) is 0 Å². The van der Waals surface area contributed by atoms with Gasteiger partial charge < -0.3 is 35.2 Å². The molecule has 214 valence electrons. The van der Waals surface area contributed by atoms with Gasteiger partial charge in [-0.3, -0.25) is 14.4 Å². The van der Waals surface area contributed by atoms with Gasteiger partial charge in [0.1, 0.15) is 0 Å². The van der Waals surface area contributed by atoms with Crippen LogP contribution in [0.1, 0.15) is 47.0 Å². The third kappa shape index (κ3) is 6.92. The van der Waals surface area contributed by atoms with E-state index in [1.165, 1.54) is 11.3 Å². The Morgan fingerprint density at radius 3 is 2.48 bits per heavy atom. The number of ether oxygens (including phenoxy) is 1. The molecule has 1 aromatic heterocycles. The van der Waals surface area contributed by atoms with Gasteiger partial charge in [0.25, 0.3) is 5.91 Å². The predicted molar refractivity (Wildman–Crippen MR) is 151 cm³/mol. The van der Waals surface area contributed by atoms with Crippen LogP contribution in [0.15, 0.2) is 35.7 Å². The highest BCUT2D eigenvalue weighted by molar-refractivity contribution is 7.10. The van der Waals surface area contributed by atoms with E-state index in [-0.39, 0.29) is 24.3 Å². The van der Waals surface area contributed by atoms with Crippen molar-refractivity contribution >= 4 is 46.5 Å². The van der Waals surface area contributed by atoms with Crippen LogP contribution >= 0.6 is 11.3 Å². The van der Waals surface area contributed by atoms with Gasteiger partial charge in [-0.05, 0) is 48.9 Å². The number of carboxylic acids is 1. The summed E-state index contributed by atoms with van der Waals surface area (Å²) in [4.78, 5) is 57.1. The molecule has 0 radical (unpaired) electrons. The largest absolute Gasteiger partial charge is 0.481 e. The molecule has 4 amide bonds. The molecule has 0 bridgehead atoms. The number of hydrogen-bond donors (Lipinski definition) is 3. The number of carboxylic acid groups (broad SMARTS) is 1. The second kappa shape index (κ2) is 12.7. The van der Waals surface area contributed by atoms with Crippen molar-refractivity contribution in [2.45, 2.75) is 31.7 Å². The molecule has 3 N–H and O–H groups in total. The lowest BCUT2D eigenvalue weighted by molar-refractivity contribution is -0.137. The minimum atomic E-state index is -1.01. The van der Waals surface area contributed by atoms with Crippen LogP contribution in [0, 0.1) is 5.92 Å². The van der Waals surface area contributed by atoms with E-state index >= 15 is 0 Å². The van der Waals surface area contributed by atoms with Crippen LogP contribution in [0.4, 0.5) is 16.2 Å². The lowest BCUT2D eigenvalue weighted by atomic mass is 10.1.